The van der Waals surface area contributed by atoms with E-state index in [-0.39, 0.29) is 6.04 Å². The summed E-state index contributed by atoms with van der Waals surface area (Å²) in [5, 5.41) is 2.09. The largest absolute Gasteiger partial charge is 0.327 e. The molecule has 3 rings (SSSR count). The maximum Gasteiger partial charge on any atom is 0.0462 e. The van der Waals surface area contributed by atoms with E-state index in [1.807, 2.05) is 36.4 Å². The summed E-state index contributed by atoms with van der Waals surface area (Å²) in [6.45, 7) is 0. The van der Waals surface area contributed by atoms with Crippen LogP contribution in [0.2, 0.25) is 15.1 Å². The molecule has 1 fully saturated rings. The standard InChI is InChI=1S/C15H12Cl3N/c16-10-3-1-8(2-4-10)9-5-12(17)15(13(18)6-9)11-7-14(11)19/h1-6,11,14H,7,19H2/t11?,14-/m1/s1. The van der Waals surface area contributed by atoms with Crippen LogP contribution >= 0.6 is 34.8 Å². The topological polar surface area (TPSA) is 26.0 Å². The molecule has 19 heavy (non-hydrogen) atoms. The van der Waals surface area contributed by atoms with Gasteiger partial charge in [-0.15, -0.1) is 0 Å². The Kier molecular flexibility index (Phi) is 3.48. The molecule has 0 saturated heterocycles. The lowest BCUT2D eigenvalue weighted by atomic mass is 10.0. The summed E-state index contributed by atoms with van der Waals surface area (Å²) in [5.74, 6) is 0.305. The molecule has 2 N–H and O–H groups in total. The van der Waals surface area contributed by atoms with Crippen LogP contribution in [0.3, 0.4) is 0 Å². The van der Waals surface area contributed by atoms with Gasteiger partial charge in [0.1, 0.15) is 0 Å². The molecule has 1 aliphatic carbocycles. The summed E-state index contributed by atoms with van der Waals surface area (Å²) in [7, 11) is 0. The van der Waals surface area contributed by atoms with Gasteiger partial charge in [0.2, 0.25) is 0 Å². The molecular formula is C15H12Cl3N. The molecule has 0 radical (unpaired) electrons. The Labute approximate surface area is 127 Å². The molecule has 0 bridgehead atoms. The predicted molar refractivity (Wildman–Crippen MR) is 82.2 cm³/mol. The number of rotatable bonds is 2. The molecule has 0 spiro atoms. The Morgan fingerprint density at radius 3 is 1.89 bits per heavy atom. The van der Waals surface area contributed by atoms with Crippen LogP contribution in [0.15, 0.2) is 36.4 Å². The van der Waals surface area contributed by atoms with Crippen molar-refractivity contribution >= 4 is 34.8 Å². The average molecular weight is 313 g/mol. The second-order valence-electron chi connectivity index (χ2n) is 4.87. The van der Waals surface area contributed by atoms with Crippen LogP contribution in [0.4, 0.5) is 0 Å². The lowest BCUT2D eigenvalue weighted by molar-refractivity contribution is 0.991. The first-order valence-electron chi connectivity index (χ1n) is 6.06. The molecule has 4 heteroatoms. The van der Waals surface area contributed by atoms with Crippen LogP contribution in [-0.4, -0.2) is 6.04 Å². The molecule has 2 atom stereocenters. The molecule has 98 valence electrons. The summed E-state index contributed by atoms with van der Waals surface area (Å²) in [6, 6.07) is 11.7. The lowest BCUT2D eigenvalue weighted by Gasteiger charge is -2.10. The van der Waals surface area contributed by atoms with Crippen LogP contribution < -0.4 is 5.73 Å². The predicted octanol–water partition coefficient (Wildman–Crippen LogP) is 5.13. The summed E-state index contributed by atoms with van der Waals surface area (Å²) >= 11 is 18.6. The molecule has 1 nitrogen and oxygen atoms in total. The van der Waals surface area contributed by atoms with Crippen molar-refractivity contribution in [2.45, 2.75) is 18.4 Å². The molecule has 1 unspecified atom stereocenters. The zero-order valence-electron chi connectivity index (χ0n) is 10.0. The van der Waals surface area contributed by atoms with Gasteiger partial charge < -0.3 is 5.73 Å². The first kappa shape index (κ1) is 13.3. The van der Waals surface area contributed by atoms with Crippen LogP contribution in [0, 0.1) is 0 Å². The fraction of sp³-hybridized carbons (Fsp3) is 0.200. The smallest absolute Gasteiger partial charge is 0.0462 e. The van der Waals surface area contributed by atoms with Gasteiger partial charge in [0, 0.05) is 27.0 Å². The second-order valence-corrected chi connectivity index (χ2v) is 6.12. The zero-order chi connectivity index (χ0) is 13.6. The molecule has 0 aromatic heterocycles. The second kappa shape index (κ2) is 4.99. The van der Waals surface area contributed by atoms with Crippen molar-refractivity contribution in [1.29, 1.82) is 0 Å². The van der Waals surface area contributed by atoms with Gasteiger partial charge in [0.25, 0.3) is 0 Å². The Morgan fingerprint density at radius 1 is 0.895 bits per heavy atom. The number of nitrogens with two attached hydrogens (primary N) is 1. The molecule has 2 aromatic carbocycles. The van der Waals surface area contributed by atoms with Gasteiger partial charge in [-0.2, -0.15) is 0 Å². The SMILES string of the molecule is N[C@@H]1CC1c1c(Cl)cc(-c2ccc(Cl)cc2)cc1Cl. The third kappa shape index (κ3) is 2.61. The highest BCUT2D eigenvalue weighted by molar-refractivity contribution is 6.36. The fourth-order valence-corrected chi connectivity index (χ4v) is 3.19. The molecule has 0 aliphatic heterocycles. The Hall–Kier alpha value is -0.730. The maximum atomic E-state index is 6.35. The quantitative estimate of drug-likeness (QED) is 0.817. The fourth-order valence-electron chi connectivity index (χ4n) is 2.29. The van der Waals surface area contributed by atoms with Gasteiger partial charge in [0.05, 0.1) is 0 Å². The van der Waals surface area contributed by atoms with E-state index in [9.17, 15) is 0 Å². The number of hydrogen-bond donors (Lipinski definition) is 1. The Balaban J connectivity index is 2.02. The molecule has 0 amide bonds. The van der Waals surface area contributed by atoms with Crippen LogP contribution in [-0.2, 0) is 0 Å². The van der Waals surface area contributed by atoms with E-state index in [4.69, 9.17) is 40.5 Å². The van der Waals surface area contributed by atoms with Gasteiger partial charge >= 0.3 is 0 Å². The van der Waals surface area contributed by atoms with E-state index in [1.54, 1.807) is 0 Å². The summed E-state index contributed by atoms with van der Waals surface area (Å²) in [4.78, 5) is 0. The highest BCUT2D eigenvalue weighted by Gasteiger charge is 2.37. The van der Waals surface area contributed by atoms with E-state index < -0.39 is 0 Å². The van der Waals surface area contributed by atoms with Crippen molar-refractivity contribution in [2.24, 2.45) is 5.73 Å². The minimum Gasteiger partial charge on any atom is -0.327 e. The molecule has 1 aliphatic rings. The van der Waals surface area contributed by atoms with Gasteiger partial charge in [-0.1, -0.05) is 46.9 Å². The molecule has 1 saturated carbocycles. The maximum absolute atomic E-state index is 6.35. The minimum atomic E-state index is 0.191. The number of benzene rings is 2. The average Bonchev–Trinajstić information content (AvgIpc) is 3.06. The van der Waals surface area contributed by atoms with Gasteiger partial charge in [0.15, 0.2) is 0 Å². The van der Waals surface area contributed by atoms with Crippen LogP contribution in [0.1, 0.15) is 17.9 Å². The molecule has 2 aromatic rings. The normalized spacial score (nSPS) is 21.5. The summed E-state index contributed by atoms with van der Waals surface area (Å²) < 4.78 is 0. The Morgan fingerprint density at radius 2 is 1.42 bits per heavy atom. The Bertz CT molecular complexity index is 599. The number of halogens is 3. The van der Waals surface area contributed by atoms with Crippen molar-refractivity contribution < 1.29 is 0 Å². The monoisotopic (exact) mass is 311 g/mol. The van der Waals surface area contributed by atoms with Crippen molar-refractivity contribution in [3.05, 3.63) is 57.0 Å². The van der Waals surface area contributed by atoms with Crippen molar-refractivity contribution in [3.8, 4) is 11.1 Å². The van der Waals surface area contributed by atoms with E-state index in [1.165, 1.54) is 0 Å². The molecular weight excluding hydrogens is 301 g/mol. The molecule has 0 heterocycles. The van der Waals surface area contributed by atoms with E-state index in [0.717, 1.165) is 23.1 Å². The van der Waals surface area contributed by atoms with E-state index >= 15 is 0 Å². The van der Waals surface area contributed by atoms with Crippen molar-refractivity contribution in [1.82, 2.24) is 0 Å². The highest BCUT2D eigenvalue weighted by atomic mass is 35.5. The summed E-state index contributed by atoms with van der Waals surface area (Å²) in [5.41, 5.74) is 8.88. The minimum absolute atomic E-state index is 0.191. The lowest BCUT2D eigenvalue weighted by Crippen LogP contribution is -2.01. The van der Waals surface area contributed by atoms with Gasteiger partial charge in [-0.25, -0.2) is 0 Å². The van der Waals surface area contributed by atoms with Crippen LogP contribution in [0.25, 0.3) is 11.1 Å². The zero-order valence-corrected chi connectivity index (χ0v) is 12.3. The van der Waals surface area contributed by atoms with Gasteiger partial charge in [-0.3, -0.25) is 0 Å². The first-order chi connectivity index (χ1) is 9.06. The van der Waals surface area contributed by atoms with Crippen molar-refractivity contribution in [3.63, 3.8) is 0 Å². The van der Waals surface area contributed by atoms with Crippen LogP contribution in [0.5, 0.6) is 0 Å². The third-order valence-corrected chi connectivity index (χ3v) is 4.34. The summed E-state index contributed by atoms with van der Waals surface area (Å²) in [6.07, 6.45) is 0.958. The number of hydrogen-bond acceptors (Lipinski definition) is 1. The van der Waals surface area contributed by atoms with E-state index in [0.29, 0.717) is 21.0 Å². The first-order valence-corrected chi connectivity index (χ1v) is 7.20. The van der Waals surface area contributed by atoms with Gasteiger partial charge in [-0.05, 0) is 47.4 Å². The third-order valence-electron chi connectivity index (χ3n) is 3.47. The highest BCUT2D eigenvalue weighted by Crippen LogP contribution is 2.46. The van der Waals surface area contributed by atoms with Crippen molar-refractivity contribution in [2.75, 3.05) is 0 Å². The van der Waals surface area contributed by atoms with E-state index in [2.05, 4.69) is 0 Å².